The molecule has 0 bridgehead atoms. The first kappa shape index (κ1) is 22.3. The monoisotopic (exact) mass is 371 g/mol. The molecule has 0 aromatic rings. The SMILES string of the molecule is CCCOC(=O)CN(C(=O)OC(C)(C)C)[C@@](C)(C(=O)O)C1CCCCC1. The minimum absolute atomic E-state index is 0.230. The summed E-state index contributed by atoms with van der Waals surface area (Å²) in [6, 6.07) is 0. The number of carbonyl (C=O) groups excluding carboxylic acids is 2. The van der Waals surface area contributed by atoms with Crippen molar-refractivity contribution in [2.75, 3.05) is 13.2 Å². The van der Waals surface area contributed by atoms with E-state index in [0.717, 1.165) is 24.2 Å². The van der Waals surface area contributed by atoms with Crippen molar-refractivity contribution in [2.45, 2.75) is 84.3 Å². The maximum Gasteiger partial charge on any atom is 0.411 e. The number of amides is 1. The average molecular weight is 371 g/mol. The topological polar surface area (TPSA) is 93.1 Å². The Labute approximate surface area is 156 Å². The molecule has 1 saturated carbocycles. The maximum atomic E-state index is 12.8. The first-order valence-corrected chi connectivity index (χ1v) is 9.42. The van der Waals surface area contributed by atoms with Gasteiger partial charge in [0.2, 0.25) is 0 Å². The summed E-state index contributed by atoms with van der Waals surface area (Å²) in [6.45, 7) is 8.29. The largest absolute Gasteiger partial charge is 0.479 e. The predicted molar refractivity (Wildman–Crippen MR) is 96.8 cm³/mol. The number of carbonyl (C=O) groups is 3. The van der Waals surface area contributed by atoms with Crippen LogP contribution in [0.15, 0.2) is 0 Å². The van der Waals surface area contributed by atoms with Crippen LogP contribution in [0.1, 0.15) is 73.1 Å². The van der Waals surface area contributed by atoms with Gasteiger partial charge >= 0.3 is 18.0 Å². The summed E-state index contributed by atoms with van der Waals surface area (Å²) in [6.07, 6.45) is 4.12. The number of nitrogens with zero attached hydrogens (tertiary/aromatic N) is 1. The van der Waals surface area contributed by atoms with E-state index >= 15 is 0 Å². The van der Waals surface area contributed by atoms with Crippen LogP contribution in [0.25, 0.3) is 0 Å². The zero-order valence-electron chi connectivity index (χ0n) is 16.7. The molecule has 0 aromatic heterocycles. The Balaban J connectivity index is 3.17. The van der Waals surface area contributed by atoms with E-state index in [-0.39, 0.29) is 12.5 Å². The smallest absolute Gasteiger partial charge is 0.411 e. The summed E-state index contributed by atoms with van der Waals surface area (Å²) in [5.74, 6) is -1.99. The summed E-state index contributed by atoms with van der Waals surface area (Å²) in [5, 5.41) is 9.99. The highest BCUT2D eigenvalue weighted by Crippen LogP contribution is 2.37. The molecule has 0 unspecified atom stereocenters. The van der Waals surface area contributed by atoms with Crippen LogP contribution < -0.4 is 0 Å². The molecule has 7 heteroatoms. The van der Waals surface area contributed by atoms with Gasteiger partial charge in [0.1, 0.15) is 17.7 Å². The molecule has 0 radical (unpaired) electrons. The highest BCUT2D eigenvalue weighted by atomic mass is 16.6. The lowest BCUT2D eigenvalue weighted by Gasteiger charge is -2.44. The minimum atomic E-state index is -1.52. The molecule has 0 spiro atoms. The molecule has 0 saturated heterocycles. The third-order valence-electron chi connectivity index (χ3n) is 4.76. The zero-order valence-corrected chi connectivity index (χ0v) is 16.7. The maximum absolute atomic E-state index is 12.8. The van der Waals surface area contributed by atoms with Crippen LogP contribution in [0.5, 0.6) is 0 Å². The van der Waals surface area contributed by atoms with Crippen molar-refractivity contribution in [3.05, 3.63) is 0 Å². The molecule has 7 nitrogen and oxygen atoms in total. The number of aliphatic carboxylic acids is 1. The summed E-state index contributed by atoms with van der Waals surface area (Å²) >= 11 is 0. The lowest BCUT2D eigenvalue weighted by molar-refractivity contribution is -0.159. The fourth-order valence-corrected chi connectivity index (χ4v) is 3.30. The summed E-state index contributed by atoms with van der Waals surface area (Å²) in [4.78, 5) is 38.2. The first-order valence-electron chi connectivity index (χ1n) is 9.42. The minimum Gasteiger partial charge on any atom is -0.479 e. The fourth-order valence-electron chi connectivity index (χ4n) is 3.30. The second kappa shape index (κ2) is 9.24. The molecule has 26 heavy (non-hydrogen) atoms. The van der Waals surface area contributed by atoms with Gasteiger partial charge in [0, 0.05) is 0 Å². The number of hydrogen-bond acceptors (Lipinski definition) is 5. The molecule has 0 aromatic carbocycles. The number of rotatable bonds is 7. The van der Waals surface area contributed by atoms with E-state index < -0.39 is 35.7 Å². The molecule has 1 atom stereocenters. The van der Waals surface area contributed by atoms with E-state index in [4.69, 9.17) is 9.47 Å². The lowest BCUT2D eigenvalue weighted by atomic mass is 9.74. The van der Waals surface area contributed by atoms with Crippen molar-refractivity contribution < 1.29 is 29.0 Å². The van der Waals surface area contributed by atoms with E-state index in [0.29, 0.717) is 19.3 Å². The van der Waals surface area contributed by atoms with Gasteiger partial charge in [-0.05, 0) is 52.9 Å². The Hall–Kier alpha value is -1.79. The Morgan fingerprint density at radius 2 is 1.65 bits per heavy atom. The average Bonchev–Trinajstić information content (AvgIpc) is 2.56. The molecule has 150 valence electrons. The van der Waals surface area contributed by atoms with E-state index in [1.807, 2.05) is 6.92 Å². The number of esters is 1. The Morgan fingerprint density at radius 3 is 2.12 bits per heavy atom. The van der Waals surface area contributed by atoms with Crippen LogP contribution in [0.2, 0.25) is 0 Å². The van der Waals surface area contributed by atoms with Crippen LogP contribution >= 0.6 is 0 Å². The number of hydrogen-bond donors (Lipinski definition) is 1. The molecule has 1 aliphatic carbocycles. The van der Waals surface area contributed by atoms with Gasteiger partial charge < -0.3 is 14.6 Å². The second-order valence-electron chi connectivity index (χ2n) is 8.07. The van der Waals surface area contributed by atoms with E-state index in [2.05, 4.69) is 0 Å². The number of carboxylic acid groups (broad SMARTS) is 1. The summed E-state index contributed by atoms with van der Waals surface area (Å²) in [5.41, 5.74) is -2.32. The second-order valence-corrected chi connectivity index (χ2v) is 8.07. The van der Waals surface area contributed by atoms with Crippen LogP contribution in [-0.2, 0) is 19.1 Å². The molecular weight excluding hydrogens is 338 g/mol. The van der Waals surface area contributed by atoms with Gasteiger partial charge in [0.25, 0.3) is 0 Å². The van der Waals surface area contributed by atoms with Crippen molar-refractivity contribution in [1.82, 2.24) is 4.90 Å². The zero-order chi connectivity index (χ0) is 20.0. The highest BCUT2D eigenvalue weighted by molar-refractivity contribution is 5.87. The lowest BCUT2D eigenvalue weighted by Crippen LogP contribution is -2.62. The third-order valence-corrected chi connectivity index (χ3v) is 4.76. The van der Waals surface area contributed by atoms with Gasteiger partial charge in [-0.15, -0.1) is 0 Å². The molecule has 0 heterocycles. The van der Waals surface area contributed by atoms with Crippen LogP contribution in [0, 0.1) is 5.92 Å². The van der Waals surface area contributed by atoms with Crippen LogP contribution in [0.3, 0.4) is 0 Å². The van der Waals surface area contributed by atoms with Gasteiger partial charge in [-0.3, -0.25) is 9.69 Å². The van der Waals surface area contributed by atoms with Gasteiger partial charge in [-0.25, -0.2) is 9.59 Å². The Kier molecular flexibility index (Phi) is 7.90. The van der Waals surface area contributed by atoms with Crippen LogP contribution in [-0.4, -0.2) is 52.3 Å². The summed E-state index contributed by atoms with van der Waals surface area (Å²) < 4.78 is 10.5. The molecular formula is C19H33NO6. The van der Waals surface area contributed by atoms with Crippen LogP contribution in [0.4, 0.5) is 4.79 Å². The van der Waals surface area contributed by atoms with Gasteiger partial charge in [0.15, 0.2) is 0 Å². The van der Waals surface area contributed by atoms with Gasteiger partial charge in [-0.2, -0.15) is 0 Å². The van der Waals surface area contributed by atoms with Crippen molar-refractivity contribution >= 4 is 18.0 Å². The Bertz CT molecular complexity index is 507. The number of carboxylic acids is 1. The van der Waals surface area contributed by atoms with E-state index in [1.165, 1.54) is 6.92 Å². The molecule has 1 fully saturated rings. The van der Waals surface area contributed by atoms with Crippen molar-refractivity contribution in [1.29, 1.82) is 0 Å². The Morgan fingerprint density at radius 1 is 1.08 bits per heavy atom. The van der Waals surface area contributed by atoms with Crippen molar-refractivity contribution in [3.63, 3.8) is 0 Å². The quantitative estimate of drug-likeness (QED) is 0.687. The highest BCUT2D eigenvalue weighted by Gasteiger charge is 2.50. The van der Waals surface area contributed by atoms with Gasteiger partial charge in [-0.1, -0.05) is 26.2 Å². The fraction of sp³-hybridized carbons (Fsp3) is 0.842. The van der Waals surface area contributed by atoms with Gasteiger partial charge in [0.05, 0.1) is 6.61 Å². The first-order chi connectivity index (χ1) is 12.0. The molecule has 1 rings (SSSR count). The van der Waals surface area contributed by atoms with Crippen molar-refractivity contribution in [2.24, 2.45) is 5.92 Å². The number of ether oxygens (including phenoxy) is 2. The third kappa shape index (κ3) is 5.88. The molecule has 1 aliphatic rings. The van der Waals surface area contributed by atoms with Crippen molar-refractivity contribution in [3.8, 4) is 0 Å². The molecule has 1 N–H and O–H groups in total. The molecule has 0 aliphatic heterocycles. The van der Waals surface area contributed by atoms with E-state index in [9.17, 15) is 19.5 Å². The predicted octanol–water partition coefficient (Wildman–Crippen LogP) is 3.60. The summed E-state index contributed by atoms with van der Waals surface area (Å²) in [7, 11) is 0. The van der Waals surface area contributed by atoms with E-state index in [1.54, 1.807) is 20.8 Å². The standard InChI is InChI=1S/C19H33NO6/c1-6-12-25-15(21)13-20(17(24)26-18(2,3)4)19(5,16(22)23)14-10-8-7-9-11-14/h14H,6-13H2,1-5H3,(H,22,23)/t19-/m1/s1. The normalized spacial score (nSPS) is 17.9. The molecule has 1 amide bonds.